The first kappa shape index (κ1) is 15.0. The van der Waals surface area contributed by atoms with E-state index in [4.69, 9.17) is 17.0 Å². The Bertz CT molecular complexity index is 760. The zero-order valence-electron chi connectivity index (χ0n) is 12.9. The predicted octanol–water partition coefficient (Wildman–Crippen LogP) is 3.76. The van der Waals surface area contributed by atoms with Gasteiger partial charge in [0.25, 0.3) is 0 Å². The van der Waals surface area contributed by atoms with Gasteiger partial charge in [0, 0.05) is 11.7 Å². The summed E-state index contributed by atoms with van der Waals surface area (Å²) in [7, 11) is 0. The molecule has 1 N–H and O–H groups in total. The molecular weight excluding hydrogens is 296 g/mol. The van der Waals surface area contributed by atoms with Crippen LogP contribution in [0.3, 0.4) is 0 Å². The highest BCUT2D eigenvalue weighted by atomic mass is 32.1. The van der Waals surface area contributed by atoms with Crippen LogP contribution >= 0.6 is 12.2 Å². The van der Waals surface area contributed by atoms with E-state index in [2.05, 4.69) is 29.2 Å². The van der Waals surface area contributed by atoms with Crippen molar-refractivity contribution in [3.05, 3.63) is 51.6 Å². The molecule has 1 aromatic heterocycles. The molecule has 1 heterocycles. The van der Waals surface area contributed by atoms with Gasteiger partial charge in [0.15, 0.2) is 4.77 Å². The lowest BCUT2D eigenvalue weighted by Gasteiger charge is -2.26. The van der Waals surface area contributed by atoms with E-state index in [9.17, 15) is 4.79 Å². The average Bonchev–Trinajstić information content (AvgIpc) is 2.81. The van der Waals surface area contributed by atoms with Crippen molar-refractivity contribution >= 4 is 18.2 Å². The van der Waals surface area contributed by atoms with Crippen LogP contribution in [0.15, 0.2) is 24.3 Å². The number of rotatable bonds is 3. The molecule has 0 radical (unpaired) electrons. The van der Waals surface area contributed by atoms with E-state index in [1.54, 1.807) is 0 Å². The molecule has 1 aliphatic rings. The van der Waals surface area contributed by atoms with E-state index >= 15 is 0 Å². The molecule has 1 unspecified atom stereocenters. The molecule has 4 nitrogen and oxygen atoms in total. The molecule has 0 aliphatic heterocycles. The minimum Gasteiger partial charge on any atom is -0.461 e. The van der Waals surface area contributed by atoms with Crippen molar-refractivity contribution in [2.45, 2.75) is 39.2 Å². The Morgan fingerprint density at radius 1 is 1.41 bits per heavy atom. The van der Waals surface area contributed by atoms with E-state index in [-0.39, 0.29) is 12.0 Å². The third kappa shape index (κ3) is 2.61. The number of ether oxygens (including phenoxy) is 1. The summed E-state index contributed by atoms with van der Waals surface area (Å²) in [5.41, 5.74) is 4.09. The van der Waals surface area contributed by atoms with Crippen molar-refractivity contribution in [3.63, 3.8) is 0 Å². The van der Waals surface area contributed by atoms with Gasteiger partial charge in [-0.05, 0) is 56.5 Å². The van der Waals surface area contributed by atoms with E-state index in [1.807, 2.05) is 18.4 Å². The van der Waals surface area contributed by atoms with Crippen LogP contribution in [0.25, 0.3) is 0 Å². The molecule has 22 heavy (non-hydrogen) atoms. The first-order valence-corrected chi connectivity index (χ1v) is 8.07. The van der Waals surface area contributed by atoms with Gasteiger partial charge in [0.2, 0.25) is 0 Å². The number of imidazole rings is 1. The van der Waals surface area contributed by atoms with Gasteiger partial charge in [-0.2, -0.15) is 0 Å². The van der Waals surface area contributed by atoms with E-state index in [1.165, 1.54) is 11.1 Å². The fraction of sp³-hybridized carbons (Fsp3) is 0.412. The lowest BCUT2D eigenvalue weighted by molar-refractivity contribution is 0.0509. The molecule has 3 rings (SSSR count). The molecule has 0 spiro atoms. The Labute approximate surface area is 135 Å². The highest BCUT2D eigenvalue weighted by molar-refractivity contribution is 7.71. The second-order valence-electron chi connectivity index (χ2n) is 5.66. The summed E-state index contributed by atoms with van der Waals surface area (Å²) >= 11 is 5.44. The van der Waals surface area contributed by atoms with Crippen LogP contribution in [0.2, 0.25) is 0 Å². The number of esters is 1. The van der Waals surface area contributed by atoms with Gasteiger partial charge < -0.3 is 14.3 Å². The molecular formula is C17H20N2O2S. The number of carbonyl (C=O) groups excluding carboxylic acids is 1. The number of aromatic nitrogens is 2. The van der Waals surface area contributed by atoms with Crippen LogP contribution < -0.4 is 0 Å². The highest BCUT2D eigenvalue weighted by Gasteiger charge is 2.26. The number of hydrogen-bond acceptors (Lipinski definition) is 3. The molecule has 5 heteroatoms. The summed E-state index contributed by atoms with van der Waals surface area (Å²) in [6, 6.07) is 8.69. The summed E-state index contributed by atoms with van der Waals surface area (Å²) in [4.78, 5) is 15.4. The SMILES string of the molecule is CCOC(=O)c1c(C)[nH]c(=S)n1C1CCc2ccccc2C1. The fourth-order valence-corrected chi connectivity index (χ4v) is 3.65. The third-order valence-corrected chi connectivity index (χ3v) is 4.56. The van der Waals surface area contributed by atoms with E-state index < -0.39 is 0 Å². The molecule has 1 aromatic carbocycles. The molecule has 1 aliphatic carbocycles. The Hall–Kier alpha value is -1.88. The maximum Gasteiger partial charge on any atom is 0.356 e. The van der Waals surface area contributed by atoms with Crippen molar-refractivity contribution in [2.75, 3.05) is 6.61 Å². The van der Waals surface area contributed by atoms with Crippen LogP contribution in [0.4, 0.5) is 0 Å². The largest absolute Gasteiger partial charge is 0.461 e. The standard InChI is InChI=1S/C17H20N2O2S/c1-3-21-16(20)15-11(2)18-17(22)19(15)14-9-8-12-6-4-5-7-13(12)10-14/h4-7,14H,3,8-10H2,1-2H3,(H,18,22). The number of nitrogens with one attached hydrogen (secondary N) is 1. The van der Waals surface area contributed by atoms with Crippen molar-refractivity contribution in [1.29, 1.82) is 0 Å². The summed E-state index contributed by atoms with van der Waals surface area (Å²) in [5.74, 6) is -0.300. The van der Waals surface area contributed by atoms with Gasteiger partial charge in [0.05, 0.1) is 6.61 Å². The third-order valence-electron chi connectivity index (χ3n) is 4.26. The zero-order chi connectivity index (χ0) is 15.7. The second kappa shape index (κ2) is 6.08. The van der Waals surface area contributed by atoms with Crippen molar-refractivity contribution in [2.24, 2.45) is 0 Å². The second-order valence-corrected chi connectivity index (χ2v) is 6.05. The minimum atomic E-state index is -0.300. The van der Waals surface area contributed by atoms with E-state index in [0.29, 0.717) is 17.1 Å². The number of aromatic amines is 1. The maximum atomic E-state index is 12.3. The van der Waals surface area contributed by atoms with Gasteiger partial charge in [0.1, 0.15) is 5.69 Å². The van der Waals surface area contributed by atoms with Crippen LogP contribution in [0.1, 0.15) is 46.7 Å². The van der Waals surface area contributed by atoms with Gasteiger partial charge in [-0.3, -0.25) is 0 Å². The summed E-state index contributed by atoms with van der Waals surface area (Å²) < 4.78 is 7.76. The van der Waals surface area contributed by atoms with Gasteiger partial charge >= 0.3 is 5.97 Å². The lowest BCUT2D eigenvalue weighted by atomic mass is 9.88. The lowest BCUT2D eigenvalue weighted by Crippen LogP contribution is -2.23. The number of fused-ring (bicyclic) bond motifs is 1. The number of benzene rings is 1. The van der Waals surface area contributed by atoms with Gasteiger partial charge in [-0.1, -0.05) is 24.3 Å². The van der Waals surface area contributed by atoms with Crippen molar-refractivity contribution < 1.29 is 9.53 Å². The van der Waals surface area contributed by atoms with Crippen LogP contribution in [0, 0.1) is 11.7 Å². The number of nitrogens with zero attached hydrogens (tertiary/aromatic N) is 1. The molecule has 1 atom stereocenters. The summed E-state index contributed by atoms with van der Waals surface area (Å²) in [5, 5.41) is 0. The minimum absolute atomic E-state index is 0.201. The number of aryl methyl sites for hydroxylation is 2. The Kier molecular flexibility index (Phi) is 4.16. The number of hydrogen-bond donors (Lipinski definition) is 1. The van der Waals surface area contributed by atoms with E-state index in [0.717, 1.165) is 25.0 Å². The predicted molar refractivity (Wildman–Crippen MR) is 87.8 cm³/mol. The first-order valence-electron chi connectivity index (χ1n) is 7.66. The molecule has 116 valence electrons. The quantitative estimate of drug-likeness (QED) is 0.693. The zero-order valence-corrected chi connectivity index (χ0v) is 13.7. The molecule has 0 saturated heterocycles. The van der Waals surface area contributed by atoms with Gasteiger partial charge in [-0.25, -0.2) is 4.79 Å². The van der Waals surface area contributed by atoms with Crippen LogP contribution in [-0.4, -0.2) is 22.1 Å². The molecule has 2 aromatic rings. The normalized spacial score (nSPS) is 17.1. The fourth-order valence-electron chi connectivity index (χ4n) is 3.26. The molecule has 0 bridgehead atoms. The summed E-state index contributed by atoms with van der Waals surface area (Å²) in [6.45, 7) is 4.05. The smallest absolute Gasteiger partial charge is 0.356 e. The molecule has 0 fully saturated rings. The summed E-state index contributed by atoms with van der Waals surface area (Å²) in [6.07, 6.45) is 2.89. The molecule has 0 saturated carbocycles. The van der Waals surface area contributed by atoms with Crippen LogP contribution in [0.5, 0.6) is 0 Å². The highest BCUT2D eigenvalue weighted by Crippen LogP contribution is 2.31. The maximum absolute atomic E-state index is 12.3. The Balaban J connectivity index is 1.99. The topological polar surface area (TPSA) is 47.0 Å². The van der Waals surface area contributed by atoms with Crippen LogP contribution in [-0.2, 0) is 17.6 Å². The van der Waals surface area contributed by atoms with Crippen molar-refractivity contribution in [1.82, 2.24) is 9.55 Å². The Morgan fingerprint density at radius 2 is 2.14 bits per heavy atom. The Morgan fingerprint density at radius 3 is 2.86 bits per heavy atom. The molecule has 0 amide bonds. The number of H-pyrrole nitrogens is 1. The van der Waals surface area contributed by atoms with Gasteiger partial charge in [-0.15, -0.1) is 0 Å². The first-order chi connectivity index (χ1) is 10.6. The number of carbonyl (C=O) groups is 1. The van der Waals surface area contributed by atoms with Crippen molar-refractivity contribution in [3.8, 4) is 0 Å². The average molecular weight is 316 g/mol. The monoisotopic (exact) mass is 316 g/mol.